The Labute approximate surface area is 63.9 Å². The maximum Gasteiger partial charge on any atom is 0.0452 e. The van der Waals surface area contributed by atoms with Crippen LogP contribution in [0.25, 0.3) is 0 Å². The Morgan fingerprint density at radius 1 is 1.50 bits per heavy atom. The lowest BCUT2D eigenvalue weighted by atomic mass is 10.1. The summed E-state index contributed by atoms with van der Waals surface area (Å²) in [7, 11) is 0. The van der Waals surface area contributed by atoms with Crippen LogP contribution in [0.2, 0.25) is 0 Å². The quantitative estimate of drug-likeness (QED) is 0.489. The zero-order valence-electron chi connectivity index (χ0n) is 7.39. The molecule has 10 heavy (non-hydrogen) atoms. The number of dihydropyridines is 1. The largest absolute Gasteiger partial charge is 0.289 e. The van der Waals surface area contributed by atoms with Crippen molar-refractivity contribution in [2.75, 3.05) is 6.54 Å². The van der Waals surface area contributed by atoms with Gasteiger partial charge in [-0.3, -0.25) is 4.99 Å². The average Bonchev–Trinajstić information content (AvgIpc) is 2.00. The van der Waals surface area contributed by atoms with Gasteiger partial charge >= 0.3 is 0 Å². The molecule has 1 rings (SSSR count). The molecule has 1 heteroatoms. The van der Waals surface area contributed by atoms with Gasteiger partial charge in [-0.25, -0.2) is 0 Å². The average molecular weight is 139 g/mol. The van der Waals surface area contributed by atoms with Crippen molar-refractivity contribution in [3.8, 4) is 0 Å². The monoisotopic (exact) mass is 139 g/mol. The lowest BCUT2D eigenvalue weighted by molar-refractivity contribution is 0.733. The van der Waals surface area contributed by atoms with Crippen LogP contribution in [-0.4, -0.2) is 12.3 Å². The van der Waals surface area contributed by atoms with Gasteiger partial charge in [0.15, 0.2) is 0 Å². The predicted molar refractivity (Wildman–Crippen MR) is 47.6 cm³/mol. The van der Waals surface area contributed by atoms with E-state index < -0.39 is 0 Å². The molecule has 0 aromatic rings. The van der Waals surface area contributed by atoms with E-state index in [1.165, 1.54) is 0 Å². The van der Waals surface area contributed by atoms with Crippen molar-refractivity contribution in [1.29, 1.82) is 0 Å². The summed E-state index contributed by atoms with van der Waals surface area (Å²) in [6, 6.07) is 0. The highest BCUT2D eigenvalue weighted by molar-refractivity contribution is 5.93. The van der Waals surface area contributed by atoms with Gasteiger partial charge in [-0.05, 0) is 18.9 Å². The third-order valence-corrected chi connectivity index (χ3v) is 1.29. The SMILES string of the molecule is CC.CC1=NCC(C)C=C1. The van der Waals surface area contributed by atoms with Crippen LogP contribution < -0.4 is 0 Å². The molecule has 0 aromatic heterocycles. The molecule has 0 amide bonds. The topological polar surface area (TPSA) is 12.4 Å². The minimum atomic E-state index is 0.652. The molecule has 1 aliphatic heterocycles. The van der Waals surface area contributed by atoms with Crippen LogP contribution >= 0.6 is 0 Å². The van der Waals surface area contributed by atoms with Gasteiger partial charge in [-0.1, -0.05) is 26.8 Å². The lowest BCUT2D eigenvalue weighted by Gasteiger charge is -2.06. The summed E-state index contributed by atoms with van der Waals surface area (Å²) < 4.78 is 0. The van der Waals surface area contributed by atoms with Gasteiger partial charge in [0.25, 0.3) is 0 Å². The van der Waals surface area contributed by atoms with Crippen LogP contribution in [0.4, 0.5) is 0 Å². The van der Waals surface area contributed by atoms with Gasteiger partial charge in [-0.2, -0.15) is 0 Å². The summed E-state index contributed by atoms with van der Waals surface area (Å²) in [4.78, 5) is 4.24. The number of nitrogens with zero attached hydrogens (tertiary/aromatic N) is 1. The van der Waals surface area contributed by atoms with E-state index >= 15 is 0 Å². The molecule has 0 bridgehead atoms. The second-order valence-corrected chi connectivity index (χ2v) is 2.32. The second kappa shape index (κ2) is 5.21. The van der Waals surface area contributed by atoms with E-state index in [4.69, 9.17) is 0 Å². The van der Waals surface area contributed by atoms with Crippen LogP contribution in [0.5, 0.6) is 0 Å². The summed E-state index contributed by atoms with van der Waals surface area (Å²) in [5, 5.41) is 0. The Balaban J connectivity index is 0.000000371. The van der Waals surface area contributed by atoms with E-state index in [0.29, 0.717) is 5.92 Å². The summed E-state index contributed by atoms with van der Waals surface area (Å²) in [6.07, 6.45) is 4.27. The summed E-state index contributed by atoms with van der Waals surface area (Å²) >= 11 is 0. The van der Waals surface area contributed by atoms with Gasteiger partial charge < -0.3 is 0 Å². The molecular weight excluding hydrogens is 122 g/mol. The van der Waals surface area contributed by atoms with Crippen LogP contribution in [0, 0.1) is 5.92 Å². The second-order valence-electron chi connectivity index (χ2n) is 2.32. The van der Waals surface area contributed by atoms with Crippen molar-refractivity contribution in [1.82, 2.24) is 0 Å². The lowest BCUT2D eigenvalue weighted by Crippen LogP contribution is -2.03. The van der Waals surface area contributed by atoms with Crippen molar-refractivity contribution in [3.63, 3.8) is 0 Å². The van der Waals surface area contributed by atoms with Crippen molar-refractivity contribution in [2.45, 2.75) is 27.7 Å². The fraction of sp³-hybridized carbons (Fsp3) is 0.667. The number of rotatable bonds is 0. The molecule has 0 saturated carbocycles. The molecule has 0 N–H and O–H groups in total. The molecule has 1 unspecified atom stereocenters. The van der Waals surface area contributed by atoms with E-state index in [-0.39, 0.29) is 0 Å². The van der Waals surface area contributed by atoms with E-state index in [2.05, 4.69) is 24.1 Å². The zero-order chi connectivity index (χ0) is 7.98. The first-order valence-electron chi connectivity index (χ1n) is 3.98. The highest BCUT2D eigenvalue weighted by Gasteiger charge is 1.98. The van der Waals surface area contributed by atoms with Gasteiger partial charge in [0.1, 0.15) is 0 Å². The Bertz CT molecular complexity index is 134. The highest BCUT2D eigenvalue weighted by Crippen LogP contribution is 2.03. The molecular formula is C9H17N. The Kier molecular flexibility index (Phi) is 4.91. The van der Waals surface area contributed by atoms with Crippen LogP contribution in [0.1, 0.15) is 27.7 Å². The van der Waals surface area contributed by atoms with Gasteiger partial charge in [0, 0.05) is 12.3 Å². The molecule has 0 saturated heterocycles. The predicted octanol–water partition coefficient (Wildman–Crippen LogP) is 2.68. The standard InChI is InChI=1S/C7H11N.C2H6/c1-6-3-4-7(2)8-5-6;1-2/h3-4,6H,5H2,1-2H3;1-2H3. The maximum atomic E-state index is 4.24. The molecule has 0 spiro atoms. The van der Waals surface area contributed by atoms with Crippen molar-refractivity contribution >= 4 is 5.71 Å². The molecule has 1 atom stereocenters. The minimum absolute atomic E-state index is 0.652. The Hall–Kier alpha value is -0.590. The Morgan fingerprint density at radius 3 is 2.40 bits per heavy atom. The van der Waals surface area contributed by atoms with Gasteiger partial charge in [0.2, 0.25) is 0 Å². The summed E-state index contributed by atoms with van der Waals surface area (Å²) in [6.45, 7) is 9.18. The number of hydrogen-bond donors (Lipinski definition) is 0. The molecule has 0 radical (unpaired) electrons. The van der Waals surface area contributed by atoms with E-state index in [1.54, 1.807) is 0 Å². The van der Waals surface area contributed by atoms with Gasteiger partial charge in [-0.15, -0.1) is 0 Å². The van der Waals surface area contributed by atoms with Crippen molar-refractivity contribution < 1.29 is 0 Å². The normalized spacial score (nSPS) is 22.8. The fourth-order valence-corrected chi connectivity index (χ4v) is 0.705. The third-order valence-electron chi connectivity index (χ3n) is 1.29. The van der Waals surface area contributed by atoms with Gasteiger partial charge in [0.05, 0.1) is 0 Å². The third kappa shape index (κ3) is 3.44. The van der Waals surface area contributed by atoms with Crippen LogP contribution in [0.15, 0.2) is 17.1 Å². The summed E-state index contributed by atoms with van der Waals surface area (Å²) in [5.74, 6) is 0.652. The smallest absolute Gasteiger partial charge is 0.0452 e. The maximum absolute atomic E-state index is 4.24. The van der Waals surface area contributed by atoms with Crippen molar-refractivity contribution in [2.24, 2.45) is 10.9 Å². The molecule has 0 aliphatic carbocycles. The van der Waals surface area contributed by atoms with Crippen LogP contribution in [-0.2, 0) is 0 Å². The molecule has 58 valence electrons. The van der Waals surface area contributed by atoms with E-state index in [9.17, 15) is 0 Å². The van der Waals surface area contributed by atoms with Crippen molar-refractivity contribution in [3.05, 3.63) is 12.2 Å². The molecule has 1 heterocycles. The molecule has 0 aromatic carbocycles. The highest BCUT2D eigenvalue weighted by atomic mass is 14.7. The minimum Gasteiger partial charge on any atom is -0.289 e. The summed E-state index contributed by atoms with van der Waals surface area (Å²) in [5.41, 5.74) is 1.16. The molecule has 0 fully saturated rings. The fourth-order valence-electron chi connectivity index (χ4n) is 0.705. The molecule has 1 nitrogen and oxygen atoms in total. The first kappa shape index (κ1) is 9.41. The number of aliphatic imine (C=N–C) groups is 1. The van der Waals surface area contributed by atoms with E-state index in [0.717, 1.165) is 12.3 Å². The van der Waals surface area contributed by atoms with Crippen LogP contribution in [0.3, 0.4) is 0 Å². The first-order valence-corrected chi connectivity index (χ1v) is 3.98. The number of hydrogen-bond acceptors (Lipinski definition) is 1. The first-order chi connectivity index (χ1) is 4.79. The molecule has 1 aliphatic rings. The number of allylic oxidation sites excluding steroid dienone is 1. The Morgan fingerprint density at radius 2 is 2.10 bits per heavy atom. The van der Waals surface area contributed by atoms with E-state index in [1.807, 2.05) is 20.8 Å². The zero-order valence-corrected chi connectivity index (χ0v) is 7.39.